The Hall–Kier alpha value is -4.33. The molecule has 1 aromatic heterocycles. The Balaban J connectivity index is 1.60. The number of aromatic nitrogens is 1. The Labute approximate surface area is 177 Å². The molecule has 8 heteroatoms. The zero-order valence-corrected chi connectivity index (χ0v) is 16.4. The highest BCUT2D eigenvalue weighted by Crippen LogP contribution is 2.24. The minimum Gasteiger partial charge on any atom is -0.482 e. The van der Waals surface area contributed by atoms with Gasteiger partial charge in [-0.2, -0.15) is 4.57 Å². The van der Waals surface area contributed by atoms with Gasteiger partial charge in [-0.25, -0.2) is 0 Å². The molecular formula is C23H18N3O5+. The van der Waals surface area contributed by atoms with Crippen LogP contribution < -0.4 is 9.30 Å². The van der Waals surface area contributed by atoms with Crippen LogP contribution >= 0.6 is 0 Å². The second kappa shape index (κ2) is 8.58. The maximum Gasteiger partial charge on any atom is 0.269 e. The molecule has 3 aromatic carbocycles. The zero-order chi connectivity index (χ0) is 21.8. The number of hydrogen-bond acceptors (Lipinski definition) is 5. The van der Waals surface area contributed by atoms with Gasteiger partial charge in [-0.3, -0.25) is 20.2 Å². The van der Waals surface area contributed by atoms with Crippen molar-refractivity contribution in [1.29, 1.82) is 0 Å². The number of hydrogen-bond donors (Lipinski definition) is 0. The summed E-state index contributed by atoms with van der Waals surface area (Å²) >= 11 is 0. The molecule has 0 aliphatic rings. The molecular weight excluding hydrogens is 398 g/mol. The molecule has 1 heterocycles. The van der Waals surface area contributed by atoms with Crippen LogP contribution in [-0.2, 0) is 13.2 Å². The van der Waals surface area contributed by atoms with Crippen molar-refractivity contribution in [3.63, 3.8) is 0 Å². The van der Waals surface area contributed by atoms with Gasteiger partial charge in [0, 0.05) is 35.9 Å². The van der Waals surface area contributed by atoms with Gasteiger partial charge in [-0.05, 0) is 48.0 Å². The minimum atomic E-state index is -0.434. The maximum atomic E-state index is 10.9. The molecule has 0 aliphatic carbocycles. The van der Waals surface area contributed by atoms with Gasteiger partial charge in [0.2, 0.25) is 0 Å². The highest BCUT2D eigenvalue weighted by molar-refractivity contribution is 5.81. The van der Waals surface area contributed by atoms with E-state index >= 15 is 0 Å². The molecule has 4 aromatic rings. The molecule has 0 unspecified atom stereocenters. The predicted octanol–water partition coefficient (Wildman–Crippen LogP) is 4.57. The van der Waals surface area contributed by atoms with E-state index < -0.39 is 9.85 Å². The Morgan fingerprint density at radius 2 is 1.32 bits per heavy atom. The third-order valence-corrected chi connectivity index (χ3v) is 4.90. The second-order valence-electron chi connectivity index (χ2n) is 6.97. The van der Waals surface area contributed by atoms with Gasteiger partial charge < -0.3 is 4.74 Å². The first kappa shape index (κ1) is 20.0. The molecule has 0 N–H and O–H groups in total. The summed E-state index contributed by atoms with van der Waals surface area (Å²) in [5, 5.41) is 22.7. The number of fused-ring (bicyclic) bond motifs is 1. The van der Waals surface area contributed by atoms with Crippen LogP contribution in [0.4, 0.5) is 11.4 Å². The lowest BCUT2D eigenvalue weighted by molar-refractivity contribution is -0.662. The van der Waals surface area contributed by atoms with Crippen molar-refractivity contribution in [2.75, 3.05) is 0 Å². The van der Waals surface area contributed by atoms with Crippen molar-refractivity contribution in [2.45, 2.75) is 13.2 Å². The summed E-state index contributed by atoms with van der Waals surface area (Å²) in [6.07, 6.45) is 1.93. The zero-order valence-electron chi connectivity index (χ0n) is 16.4. The van der Waals surface area contributed by atoms with Crippen LogP contribution in [0.1, 0.15) is 11.1 Å². The first-order valence-corrected chi connectivity index (χ1v) is 9.52. The Morgan fingerprint density at radius 1 is 0.742 bits per heavy atom. The monoisotopic (exact) mass is 416 g/mol. The Morgan fingerprint density at radius 3 is 1.94 bits per heavy atom. The van der Waals surface area contributed by atoms with Gasteiger partial charge in [0.1, 0.15) is 6.61 Å². The van der Waals surface area contributed by atoms with Crippen molar-refractivity contribution < 1.29 is 19.2 Å². The average Bonchev–Trinajstić information content (AvgIpc) is 2.78. The van der Waals surface area contributed by atoms with E-state index in [1.54, 1.807) is 24.3 Å². The van der Waals surface area contributed by atoms with Crippen molar-refractivity contribution >= 4 is 22.3 Å². The molecule has 31 heavy (non-hydrogen) atoms. The fraction of sp³-hybridized carbons (Fsp3) is 0.0870. The lowest BCUT2D eigenvalue weighted by Gasteiger charge is -2.09. The Bertz CT molecular complexity index is 1250. The van der Waals surface area contributed by atoms with E-state index in [1.807, 2.05) is 41.1 Å². The number of nitrogens with zero attached hydrogens (tertiary/aromatic N) is 3. The van der Waals surface area contributed by atoms with E-state index in [0.717, 1.165) is 22.0 Å². The smallest absolute Gasteiger partial charge is 0.269 e. The molecule has 0 fully saturated rings. The van der Waals surface area contributed by atoms with E-state index in [4.69, 9.17) is 4.74 Å². The standard InChI is InChI=1S/C23H18N3O5/c27-25(28)20-10-6-17(7-11-20)15-24-14-2-4-19-3-1-5-22(23(19)24)31-16-18-8-12-21(13-9-18)26(29)30/h1-14H,15-16H2/q+1. The first-order chi connectivity index (χ1) is 15.0. The summed E-state index contributed by atoms with van der Waals surface area (Å²) in [5.74, 6) is 0.679. The summed E-state index contributed by atoms with van der Waals surface area (Å²) in [4.78, 5) is 20.8. The molecule has 0 saturated heterocycles. The van der Waals surface area contributed by atoms with Crippen molar-refractivity contribution in [1.82, 2.24) is 0 Å². The van der Waals surface area contributed by atoms with Crippen LogP contribution in [0.5, 0.6) is 5.75 Å². The number of para-hydroxylation sites is 1. The second-order valence-corrected chi connectivity index (χ2v) is 6.97. The molecule has 0 radical (unpaired) electrons. The maximum absolute atomic E-state index is 10.9. The molecule has 0 saturated carbocycles. The summed E-state index contributed by atoms with van der Waals surface area (Å²) in [6.45, 7) is 0.788. The van der Waals surface area contributed by atoms with Gasteiger partial charge >= 0.3 is 0 Å². The largest absolute Gasteiger partial charge is 0.482 e. The third-order valence-electron chi connectivity index (χ3n) is 4.90. The number of nitro groups is 2. The van der Waals surface area contributed by atoms with Crippen LogP contribution in [0.15, 0.2) is 85.1 Å². The number of rotatable bonds is 7. The van der Waals surface area contributed by atoms with E-state index in [2.05, 4.69) is 0 Å². The number of non-ortho nitro benzene ring substituents is 2. The highest BCUT2D eigenvalue weighted by atomic mass is 16.6. The number of nitro benzene ring substituents is 2. The van der Waals surface area contributed by atoms with Crippen LogP contribution in [0.3, 0.4) is 0 Å². The quantitative estimate of drug-likeness (QED) is 0.250. The molecule has 4 rings (SSSR count). The topological polar surface area (TPSA) is 99.4 Å². The van der Waals surface area contributed by atoms with E-state index in [9.17, 15) is 20.2 Å². The van der Waals surface area contributed by atoms with E-state index in [-0.39, 0.29) is 18.0 Å². The van der Waals surface area contributed by atoms with Gasteiger partial charge in [-0.1, -0.05) is 6.07 Å². The average molecular weight is 416 g/mol. The van der Waals surface area contributed by atoms with E-state index in [0.29, 0.717) is 12.3 Å². The molecule has 0 amide bonds. The molecule has 8 nitrogen and oxygen atoms in total. The van der Waals surface area contributed by atoms with Gasteiger partial charge in [0.15, 0.2) is 18.5 Å². The highest BCUT2D eigenvalue weighted by Gasteiger charge is 2.16. The van der Waals surface area contributed by atoms with Crippen LogP contribution in [0.2, 0.25) is 0 Å². The molecule has 0 atom stereocenters. The lowest BCUT2D eigenvalue weighted by Crippen LogP contribution is -2.35. The molecule has 0 spiro atoms. The minimum absolute atomic E-state index is 0.0369. The third kappa shape index (κ3) is 4.48. The van der Waals surface area contributed by atoms with Gasteiger partial charge in [0.25, 0.3) is 16.9 Å². The summed E-state index contributed by atoms with van der Waals surface area (Å²) in [5.41, 5.74) is 2.73. The first-order valence-electron chi connectivity index (χ1n) is 9.52. The molecule has 0 bridgehead atoms. The fourth-order valence-corrected chi connectivity index (χ4v) is 3.35. The number of benzene rings is 3. The fourth-order valence-electron chi connectivity index (χ4n) is 3.35. The van der Waals surface area contributed by atoms with Crippen molar-refractivity contribution in [2.24, 2.45) is 0 Å². The number of pyridine rings is 1. The van der Waals surface area contributed by atoms with Crippen LogP contribution in [0, 0.1) is 20.2 Å². The normalized spacial score (nSPS) is 10.7. The molecule has 154 valence electrons. The van der Waals surface area contributed by atoms with Crippen LogP contribution in [-0.4, -0.2) is 9.85 Å². The predicted molar refractivity (Wildman–Crippen MR) is 114 cm³/mol. The van der Waals surface area contributed by atoms with Crippen molar-refractivity contribution in [3.05, 3.63) is 116 Å². The number of ether oxygens (including phenoxy) is 1. The van der Waals surface area contributed by atoms with Crippen molar-refractivity contribution in [3.8, 4) is 5.75 Å². The SMILES string of the molecule is O=[N+]([O-])c1ccc(COc2cccc3ccc[n+](Cc4ccc([N+](=O)[O-])cc4)c23)cc1. The molecule has 0 aliphatic heterocycles. The summed E-state index contributed by atoms with van der Waals surface area (Å²) < 4.78 is 8.08. The van der Waals surface area contributed by atoms with Crippen LogP contribution in [0.25, 0.3) is 10.9 Å². The van der Waals surface area contributed by atoms with Gasteiger partial charge in [-0.15, -0.1) is 0 Å². The Kier molecular flexibility index (Phi) is 5.53. The summed E-state index contributed by atoms with van der Waals surface area (Å²) in [7, 11) is 0. The van der Waals surface area contributed by atoms with Gasteiger partial charge in [0.05, 0.1) is 15.2 Å². The lowest BCUT2D eigenvalue weighted by atomic mass is 10.1. The van der Waals surface area contributed by atoms with E-state index in [1.165, 1.54) is 24.3 Å². The summed E-state index contributed by atoms with van der Waals surface area (Å²) in [6, 6.07) is 22.4.